The maximum Gasteiger partial charge on any atom is 0.143 e. The highest BCUT2D eigenvalue weighted by molar-refractivity contribution is 6.26. The summed E-state index contributed by atoms with van der Waals surface area (Å²) in [6.07, 6.45) is 0. The van der Waals surface area contributed by atoms with Crippen LogP contribution in [0, 0.1) is 0 Å². The fourth-order valence-electron chi connectivity index (χ4n) is 9.66. The molecule has 9 aromatic carbocycles. The van der Waals surface area contributed by atoms with Gasteiger partial charge in [-0.15, -0.1) is 0 Å². The summed E-state index contributed by atoms with van der Waals surface area (Å²) in [5.74, 6) is 0. The zero-order valence-electron chi connectivity index (χ0n) is 29.4. The van der Waals surface area contributed by atoms with Gasteiger partial charge < -0.3 is 8.98 Å². The summed E-state index contributed by atoms with van der Waals surface area (Å²) >= 11 is 0. The quantitative estimate of drug-likeness (QED) is 0.167. The Kier molecular flexibility index (Phi) is 5.60. The van der Waals surface area contributed by atoms with Gasteiger partial charge in [0.05, 0.1) is 11.0 Å². The summed E-state index contributed by atoms with van der Waals surface area (Å²) in [5, 5.41) is 12.5. The van der Waals surface area contributed by atoms with Gasteiger partial charge in [0.2, 0.25) is 0 Å². The molecule has 0 saturated heterocycles. The summed E-state index contributed by atoms with van der Waals surface area (Å²) in [6.45, 7) is 4.64. The zero-order valence-corrected chi connectivity index (χ0v) is 29.4. The molecule has 0 radical (unpaired) electrons. The van der Waals surface area contributed by atoms with E-state index >= 15 is 0 Å². The molecule has 0 saturated carbocycles. The standard InChI is InChI=1S/C51H33NO/c1-51(2)44-17-9-7-16-41(44)49-45(51)25-24-40-43-29-32(21-26-48(43)53-50(40)49)52-46-18-10-8-15-38(46)39-23-20-31(28-47(39)52)30-19-22-37-35-13-4-3-11-33(35)34-12-5-6-14-36(34)42(37)27-30/h3-29H,1-2H3. The molecule has 0 bridgehead atoms. The molecule has 1 aliphatic carbocycles. The third-order valence-electron chi connectivity index (χ3n) is 12.2. The molecule has 0 aliphatic heterocycles. The van der Waals surface area contributed by atoms with Gasteiger partial charge >= 0.3 is 0 Å². The van der Waals surface area contributed by atoms with Gasteiger partial charge in [-0.1, -0.05) is 141 Å². The third-order valence-corrected chi connectivity index (χ3v) is 12.2. The maximum atomic E-state index is 6.75. The van der Waals surface area contributed by atoms with Gasteiger partial charge in [0, 0.05) is 38.2 Å². The van der Waals surface area contributed by atoms with E-state index in [4.69, 9.17) is 4.42 Å². The van der Waals surface area contributed by atoms with Crippen molar-refractivity contribution >= 4 is 76.1 Å². The van der Waals surface area contributed by atoms with Crippen molar-refractivity contribution in [2.24, 2.45) is 0 Å². The van der Waals surface area contributed by atoms with Crippen molar-refractivity contribution in [2.45, 2.75) is 19.3 Å². The molecule has 0 atom stereocenters. The van der Waals surface area contributed by atoms with E-state index in [-0.39, 0.29) is 5.41 Å². The van der Waals surface area contributed by atoms with Crippen LogP contribution in [-0.2, 0) is 5.41 Å². The highest BCUT2D eigenvalue weighted by Crippen LogP contribution is 2.52. The van der Waals surface area contributed by atoms with Crippen LogP contribution in [0.5, 0.6) is 0 Å². The number of aromatic nitrogens is 1. The lowest BCUT2D eigenvalue weighted by Gasteiger charge is -2.21. The lowest BCUT2D eigenvalue weighted by Crippen LogP contribution is -2.14. The molecule has 0 N–H and O–H groups in total. The van der Waals surface area contributed by atoms with Crippen LogP contribution in [-0.4, -0.2) is 4.57 Å². The van der Waals surface area contributed by atoms with Crippen molar-refractivity contribution < 1.29 is 4.42 Å². The van der Waals surface area contributed by atoms with E-state index in [0.717, 1.165) is 27.6 Å². The van der Waals surface area contributed by atoms with Crippen LogP contribution in [0.1, 0.15) is 25.0 Å². The van der Waals surface area contributed by atoms with Gasteiger partial charge in [-0.05, 0) is 96.5 Å². The number of nitrogens with zero attached hydrogens (tertiary/aromatic N) is 1. The van der Waals surface area contributed by atoms with Gasteiger partial charge in [0.1, 0.15) is 11.2 Å². The van der Waals surface area contributed by atoms with Crippen LogP contribution >= 0.6 is 0 Å². The molecule has 12 rings (SSSR count). The van der Waals surface area contributed by atoms with Crippen LogP contribution in [0.25, 0.3) is 104 Å². The van der Waals surface area contributed by atoms with Gasteiger partial charge in [0.15, 0.2) is 0 Å². The van der Waals surface area contributed by atoms with Crippen LogP contribution in [0.4, 0.5) is 0 Å². The van der Waals surface area contributed by atoms with Gasteiger partial charge in [0.25, 0.3) is 0 Å². The summed E-state index contributed by atoms with van der Waals surface area (Å²) < 4.78 is 9.19. The number of furan rings is 1. The van der Waals surface area contributed by atoms with Crippen molar-refractivity contribution in [3.63, 3.8) is 0 Å². The molecule has 2 heterocycles. The van der Waals surface area contributed by atoms with Crippen molar-refractivity contribution in [3.05, 3.63) is 175 Å². The van der Waals surface area contributed by atoms with E-state index < -0.39 is 0 Å². The Labute approximate surface area is 306 Å². The zero-order chi connectivity index (χ0) is 35.0. The van der Waals surface area contributed by atoms with E-state index in [1.54, 1.807) is 0 Å². The Balaban J connectivity index is 1.08. The first-order valence-electron chi connectivity index (χ1n) is 18.5. The number of hydrogen-bond donors (Lipinski definition) is 0. The number of rotatable bonds is 2. The molecule has 53 heavy (non-hydrogen) atoms. The van der Waals surface area contributed by atoms with Gasteiger partial charge in [-0.25, -0.2) is 0 Å². The SMILES string of the molecule is CC1(C)c2ccccc2-c2c1ccc1c2oc2ccc(-n3c4ccccc4c4ccc(-c5ccc6c7ccccc7c7ccccc7c6c5)cc43)cc21. The molecule has 0 unspecified atom stereocenters. The Bertz CT molecular complexity index is 3340. The first-order valence-corrected chi connectivity index (χ1v) is 18.5. The van der Waals surface area contributed by atoms with Crippen LogP contribution in [0.15, 0.2) is 168 Å². The van der Waals surface area contributed by atoms with Gasteiger partial charge in [-0.3, -0.25) is 0 Å². The summed E-state index contributed by atoms with van der Waals surface area (Å²) in [4.78, 5) is 0. The van der Waals surface area contributed by atoms with E-state index in [1.807, 2.05) is 0 Å². The predicted molar refractivity (Wildman–Crippen MR) is 224 cm³/mol. The molecule has 0 amide bonds. The summed E-state index contributed by atoms with van der Waals surface area (Å²) in [5.41, 5.74) is 12.9. The second kappa shape index (κ2) is 10.2. The first kappa shape index (κ1) is 29.0. The monoisotopic (exact) mass is 675 g/mol. The topological polar surface area (TPSA) is 18.1 Å². The molecule has 2 aromatic heterocycles. The smallest absolute Gasteiger partial charge is 0.143 e. The average Bonchev–Trinajstić information content (AvgIpc) is 3.82. The number of hydrogen-bond acceptors (Lipinski definition) is 1. The Morgan fingerprint density at radius 2 is 1.00 bits per heavy atom. The maximum absolute atomic E-state index is 6.75. The Morgan fingerprint density at radius 3 is 1.77 bits per heavy atom. The second-order valence-corrected chi connectivity index (χ2v) is 15.3. The largest absolute Gasteiger partial charge is 0.455 e. The van der Waals surface area contributed by atoms with E-state index in [1.165, 1.54) is 87.5 Å². The van der Waals surface area contributed by atoms with E-state index in [0.29, 0.717) is 0 Å². The molecular weight excluding hydrogens is 643 g/mol. The third kappa shape index (κ3) is 3.82. The number of benzene rings is 9. The van der Waals surface area contributed by atoms with E-state index in [2.05, 4.69) is 182 Å². The minimum Gasteiger partial charge on any atom is -0.455 e. The predicted octanol–water partition coefficient (Wildman–Crippen LogP) is 14.1. The second-order valence-electron chi connectivity index (χ2n) is 15.3. The number of fused-ring (bicyclic) bond motifs is 16. The molecule has 0 spiro atoms. The van der Waals surface area contributed by atoms with Gasteiger partial charge in [-0.2, -0.15) is 0 Å². The van der Waals surface area contributed by atoms with Crippen LogP contribution in [0.2, 0.25) is 0 Å². The average molecular weight is 676 g/mol. The Morgan fingerprint density at radius 1 is 0.415 bits per heavy atom. The molecule has 0 fully saturated rings. The Hall–Kier alpha value is -6.64. The summed E-state index contributed by atoms with van der Waals surface area (Å²) in [7, 11) is 0. The fraction of sp³-hybridized carbons (Fsp3) is 0.0588. The van der Waals surface area contributed by atoms with Crippen molar-refractivity contribution in [1.29, 1.82) is 0 Å². The summed E-state index contributed by atoms with van der Waals surface area (Å²) in [6, 6.07) is 60.4. The molecule has 2 heteroatoms. The van der Waals surface area contributed by atoms with Crippen LogP contribution < -0.4 is 0 Å². The highest BCUT2D eigenvalue weighted by atomic mass is 16.3. The lowest BCUT2D eigenvalue weighted by atomic mass is 9.82. The molecule has 2 nitrogen and oxygen atoms in total. The van der Waals surface area contributed by atoms with E-state index in [9.17, 15) is 0 Å². The number of para-hydroxylation sites is 1. The van der Waals surface area contributed by atoms with Crippen molar-refractivity contribution in [3.8, 4) is 27.9 Å². The molecule has 248 valence electrons. The minimum atomic E-state index is -0.0726. The van der Waals surface area contributed by atoms with Crippen molar-refractivity contribution in [2.75, 3.05) is 0 Å². The molecule has 11 aromatic rings. The highest BCUT2D eigenvalue weighted by Gasteiger charge is 2.37. The van der Waals surface area contributed by atoms with Crippen molar-refractivity contribution in [1.82, 2.24) is 4.57 Å². The molecule has 1 aliphatic rings. The normalized spacial score (nSPS) is 13.6. The fourth-order valence-corrected chi connectivity index (χ4v) is 9.66. The van der Waals surface area contributed by atoms with Crippen LogP contribution in [0.3, 0.4) is 0 Å². The molecular formula is C51H33NO. The first-order chi connectivity index (χ1) is 26.0. The minimum absolute atomic E-state index is 0.0726. The lowest BCUT2D eigenvalue weighted by molar-refractivity contribution is 0.653.